The smallest absolute Gasteiger partial charge is 0.248 e. The van der Waals surface area contributed by atoms with E-state index in [0.717, 1.165) is 11.3 Å². The summed E-state index contributed by atoms with van der Waals surface area (Å²) in [6, 6.07) is 5.85. The molecule has 0 aliphatic rings. The quantitative estimate of drug-likeness (QED) is 0.826. The molecule has 0 fully saturated rings. The van der Waals surface area contributed by atoms with Gasteiger partial charge in [-0.15, -0.1) is 10.2 Å². The maximum absolute atomic E-state index is 6.12. The van der Waals surface area contributed by atoms with Gasteiger partial charge in [0, 0.05) is 5.75 Å². The van der Waals surface area contributed by atoms with Crippen LogP contribution in [0.1, 0.15) is 5.56 Å². The number of halogens is 1. The number of hydrogen-bond acceptors (Lipinski definition) is 4. The molecule has 15 heavy (non-hydrogen) atoms. The van der Waals surface area contributed by atoms with Gasteiger partial charge in [0.15, 0.2) is 0 Å². The third-order valence-corrected chi connectivity index (χ3v) is 2.87. The van der Waals surface area contributed by atoms with E-state index in [1.54, 1.807) is 11.8 Å². The topological polar surface area (TPSA) is 38.9 Å². The summed E-state index contributed by atoms with van der Waals surface area (Å²) in [6.07, 6.45) is 3.35. The summed E-state index contributed by atoms with van der Waals surface area (Å²) < 4.78 is 5.09. The van der Waals surface area contributed by atoms with Crippen molar-refractivity contribution in [3.05, 3.63) is 35.2 Å². The van der Waals surface area contributed by atoms with Gasteiger partial charge < -0.3 is 4.42 Å². The minimum Gasteiger partial charge on any atom is -0.423 e. The third-order valence-electron chi connectivity index (χ3n) is 1.93. The zero-order chi connectivity index (χ0) is 10.7. The van der Waals surface area contributed by atoms with E-state index in [9.17, 15) is 0 Å². The Hall–Kier alpha value is -1.00. The summed E-state index contributed by atoms with van der Waals surface area (Å²) in [7, 11) is 0. The monoisotopic (exact) mass is 240 g/mol. The maximum atomic E-state index is 6.12. The Morgan fingerprint density at radius 1 is 1.47 bits per heavy atom. The molecule has 1 heterocycles. The van der Waals surface area contributed by atoms with Gasteiger partial charge in [-0.25, -0.2) is 0 Å². The van der Waals surface area contributed by atoms with Crippen molar-refractivity contribution in [2.75, 3.05) is 6.26 Å². The van der Waals surface area contributed by atoms with Gasteiger partial charge in [-0.05, 0) is 24.0 Å². The SMILES string of the molecule is CSCc1ccc(-c2nnco2)c(Cl)c1. The van der Waals surface area contributed by atoms with Crippen molar-refractivity contribution < 1.29 is 4.42 Å². The van der Waals surface area contributed by atoms with Crippen LogP contribution in [-0.2, 0) is 5.75 Å². The van der Waals surface area contributed by atoms with Crippen LogP contribution < -0.4 is 0 Å². The molecule has 0 N–H and O–H groups in total. The Balaban J connectivity index is 2.35. The van der Waals surface area contributed by atoms with Crippen LogP contribution in [0, 0.1) is 0 Å². The highest BCUT2D eigenvalue weighted by Crippen LogP contribution is 2.27. The van der Waals surface area contributed by atoms with Gasteiger partial charge in [-0.1, -0.05) is 17.7 Å². The first-order chi connectivity index (χ1) is 7.31. The average Bonchev–Trinajstić information content (AvgIpc) is 2.71. The molecular weight excluding hydrogens is 232 g/mol. The summed E-state index contributed by atoms with van der Waals surface area (Å²) >= 11 is 7.88. The highest BCUT2D eigenvalue weighted by Gasteiger charge is 2.08. The van der Waals surface area contributed by atoms with Crippen LogP contribution >= 0.6 is 23.4 Å². The molecule has 2 aromatic rings. The Bertz CT molecular complexity index is 445. The number of thioether (sulfide) groups is 1. The van der Waals surface area contributed by atoms with E-state index in [1.807, 2.05) is 18.2 Å². The molecular formula is C10H9ClN2OS. The first kappa shape index (κ1) is 10.5. The zero-order valence-electron chi connectivity index (χ0n) is 8.11. The van der Waals surface area contributed by atoms with E-state index in [0.29, 0.717) is 10.9 Å². The second kappa shape index (κ2) is 4.68. The largest absolute Gasteiger partial charge is 0.423 e. The third kappa shape index (κ3) is 2.33. The summed E-state index contributed by atoms with van der Waals surface area (Å²) in [5.74, 6) is 1.40. The van der Waals surface area contributed by atoms with Crippen molar-refractivity contribution >= 4 is 23.4 Å². The molecule has 0 unspecified atom stereocenters. The molecule has 0 aliphatic carbocycles. The van der Waals surface area contributed by atoms with Crippen molar-refractivity contribution in [1.29, 1.82) is 0 Å². The molecule has 0 bridgehead atoms. The second-order valence-electron chi connectivity index (χ2n) is 2.99. The van der Waals surface area contributed by atoms with E-state index >= 15 is 0 Å². The van der Waals surface area contributed by atoms with Crippen molar-refractivity contribution in [3.8, 4) is 11.5 Å². The van der Waals surface area contributed by atoms with Gasteiger partial charge in [0.05, 0.1) is 10.6 Å². The van der Waals surface area contributed by atoms with Gasteiger partial charge in [0.2, 0.25) is 12.3 Å². The average molecular weight is 241 g/mol. The van der Waals surface area contributed by atoms with Gasteiger partial charge in [-0.2, -0.15) is 11.8 Å². The lowest BCUT2D eigenvalue weighted by molar-refractivity contribution is 0.568. The molecule has 1 aromatic carbocycles. The number of hydrogen-bond donors (Lipinski definition) is 0. The lowest BCUT2D eigenvalue weighted by Gasteiger charge is -2.02. The minimum absolute atomic E-state index is 0.454. The van der Waals surface area contributed by atoms with Crippen molar-refractivity contribution in [3.63, 3.8) is 0 Å². The van der Waals surface area contributed by atoms with Crippen LogP contribution in [0.5, 0.6) is 0 Å². The van der Waals surface area contributed by atoms with E-state index in [4.69, 9.17) is 16.0 Å². The molecule has 0 amide bonds. The second-order valence-corrected chi connectivity index (χ2v) is 4.26. The zero-order valence-corrected chi connectivity index (χ0v) is 9.68. The van der Waals surface area contributed by atoms with E-state index < -0.39 is 0 Å². The molecule has 0 aliphatic heterocycles. The maximum Gasteiger partial charge on any atom is 0.248 e. The highest BCUT2D eigenvalue weighted by atomic mass is 35.5. The first-order valence-corrected chi connectivity index (χ1v) is 6.12. The Morgan fingerprint density at radius 2 is 2.33 bits per heavy atom. The number of benzene rings is 1. The highest BCUT2D eigenvalue weighted by molar-refractivity contribution is 7.97. The fraction of sp³-hybridized carbons (Fsp3) is 0.200. The number of rotatable bonds is 3. The number of aromatic nitrogens is 2. The predicted molar refractivity (Wildman–Crippen MR) is 62.0 cm³/mol. The van der Waals surface area contributed by atoms with Gasteiger partial charge >= 0.3 is 0 Å². The van der Waals surface area contributed by atoms with E-state index in [-0.39, 0.29) is 0 Å². The normalized spacial score (nSPS) is 10.5. The molecule has 78 valence electrons. The molecule has 3 nitrogen and oxygen atoms in total. The van der Waals surface area contributed by atoms with Crippen LogP contribution in [0.15, 0.2) is 29.0 Å². The lowest BCUT2D eigenvalue weighted by Crippen LogP contribution is -1.84. The summed E-state index contributed by atoms with van der Waals surface area (Å²) in [5.41, 5.74) is 1.97. The molecule has 0 radical (unpaired) electrons. The molecule has 1 aromatic heterocycles. The Labute approximate surface area is 96.8 Å². The van der Waals surface area contributed by atoms with Crippen LogP contribution in [0.25, 0.3) is 11.5 Å². The van der Waals surface area contributed by atoms with E-state index in [1.165, 1.54) is 12.0 Å². The fourth-order valence-corrected chi connectivity index (χ4v) is 2.08. The molecule has 0 spiro atoms. The van der Waals surface area contributed by atoms with E-state index in [2.05, 4.69) is 16.5 Å². The summed E-state index contributed by atoms with van der Waals surface area (Å²) in [5, 5.41) is 8.08. The van der Waals surface area contributed by atoms with Crippen molar-refractivity contribution in [2.24, 2.45) is 0 Å². The molecule has 0 saturated heterocycles. The Morgan fingerprint density at radius 3 is 2.93 bits per heavy atom. The predicted octanol–water partition coefficient (Wildman–Crippen LogP) is 3.25. The van der Waals surface area contributed by atoms with Crippen LogP contribution in [0.4, 0.5) is 0 Å². The van der Waals surface area contributed by atoms with Gasteiger partial charge in [0.1, 0.15) is 0 Å². The molecule has 0 saturated carbocycles. The standard InChI is InChI=1S/C10H9ClN2OS/c1-15-5-7-2-3-8(9(11)4-7)10-13-12-6-14-10/h2-4,6H,5H2,1H3. The Kier molecular flexibility index (Phi) is 3.28. The van der Waals surface area contributed by atoms with Crippen LogP contribution in [-0.4, -0.2) is 16.5 Å². The van der Waals surface area contributed by atoms with Crippen molar-refractivity contribution in [1.82, 2.24) is 10.2 Å². The molecule has 5 heteroatoms. The minimum atomic E-state index is 0.454. The van der Waals surface area contributed by atoms with Crippen LogP contribution in [0.3, 0.4) is 0 Å². The summed E-state index contributed by atoms with van der Waals surface area (Å²) in [6.45, 7) is 0. The fourth-order valence-electron chi connectivity index (χ4n) is 1.28. The lowest BCUT2D eigenvalue weighted by atomic mass is 10.1. The van der Waals surface area contributed by atoms with Gasteiger partial charge in [-0.3, -0.25) is 0 Å². The summed E-state index contributed by atoms with van der Waals surface area (Å²) in [4.78, 5) is 0. The number of nitrogens with zero attached hydrogens (tertiary/aromatic N) is 2. The van der Waals surface area contributed by atoms with Crippen molar-refractivity contribution in [2.45, 2.75) is 5.75 Å². The van der Waals surface area contributed by atoms with Gasteiger partial charge in [0.25, 0.3) is 0 Å². The van der Waals surface area contributed by atoms with Crippen LogP contribution in [0.2, 0.25) is 5.02 Å². The molecule has 2 rings (SSSR count). The molecule has 0 atom stereocenters. The first-order valence-electron chi connectivity index (χ1n) is 4.35.